The van der Waals surface area contributed by atoms with Gasteiger partial charge in [-0.15, -0.1) is 0 Å². The van der Waals surface area contributed by atoms with Crippen LogP contribution in [-0.2, 0) is 0 Å². The molecule has 2 heterocycles. The van der Waals surface area contributed by atoms with E-state index in [-0.39, 0.29) is 0 Å². The summed E-state index contributed by atoms with van der Waals surface area (Å²) >= 11 is 0. The molecule has 0 unspecified atom stereocenters. The number of anilines is 1. The molecule has 2 rings (SSSR count). The summed E-state index contributed by atoms with van der Waals surface area (Å²) in [6.45, 7) is 0. The van der Waals surface area contributed by atoms with E-state index in [9.17, 15) is 0 Å². The SMILES string of the molecule is CNc1ccc2cn[nH]c2n1. The van der Waals surface area contributed by atoms with Crippen molar-refractivity contribution in [3.05, 3.63) is 18.3 Å². The standard InChI is InChI=1S/C7H8N4/c1-8-6-3-2-5-4-9-11-7(5)10-6/h2-4H,1H3,(H2,8,9,10,11). The van der Waals surface area contributed by atoms with Crippen LogP contribution in [0.2, 0.25) is 0 Å². The molecule has 4 nitrogen and oxygen atoms in total. The van der Waals surface area contributed by atoms with Crippen molar-refractivity contribution in [3.8, 4) is 0 Å². The van der Waals surface area contributed by atoms with Crippen molar-refractivity contribution < 1.29 is 0 Å². The first-order chi connectivity index (χ1) is 5.40. The Hall–Kier alpha value is -1.58. The van der Waals surface area contributed by atoms with Crippen molar-refractivity contribution in [2.24, 2.45) is 0 Å². The maximum Gasteiger partial charge on any atom is 0.157 e. The molecule has 2 aromatic heterocycles. The van der Waals surface area contributed by atoms with E-state index in [4.69, 9.17) is 0 Å². The Labute approximate surface area is 63.6 Å². The Morgan fingerprint density at radius 1 is 1.45 bits per heavy atom. The number of aromatic amines is 1. The lowest BCUT2D eigenvalue weighted by molar-refractivity contribution is 1.10. The molecule has 0 spiro atoms. The molecule has 0 bridgehead atoms. The molecule has 2 N–H and O–H groups in total. The van der Waals surface area contributed by atoms with Gasteiger partial charge in [-0.25, -0.2) is 4.98 Å². The van der Waals surface area contributed by atoms with Gasteiger partial charge in [0.25, 0.3) is 0 Å². The van der Waals surface area contributed by atoms with Crippen molar-refractivity contribution in [2.45, 2.75) is 0 Å². The maximum atomic E-state index is 4.22. The summed E-state index contributed by atoms with van der Waals surface area (Å²) < 4.78 is 0. The summed E-state index contributed by atoms with van der Waals surface area (Å²) in [7, 11) is 1.84. The first kappa shape index (κ1) is 6.15. The molecule has 0 aliphatic heterocycles. The fourth-order valence-corrected chi connectivity index (χ4v) is 0.966. The highest BCUT2D eigenvalue weighted by Gasteiger charge is 1.96. The molecular weight excluding hydrogens is 140 g/mol. The van der Waals surface area contributed by atoms with Crippen LogP contribution in [0.3, 0.4) is 0 Å². The van der Waals surface area contributed by atoms with Gasteiger partial charge in [-0.1, -0.05) is 0 Å². The van der Waals surface area contributed by atoms with Crippen molar-refractivity contribution in [3.63, 3.8) is 0 Å². The molecule has 0 aromatic carbocycles. The molecule has 0 aliphatic carbocycles. The average Bonchev–Trinajstić information content (AvgIpc) is 2.50. The van der Waals surface area contributed by atoms with Crippen LogP contribution < -0.4 is 5.32 Å². The van der Waals surface area contributed by atoms with E-state index in [0.717, 1.165) is 16.9 Å². The van der Waals surface area contributed by atoms with E-state index in [0.29, 0.717) is 0 Å². The minimum absolute atomic E-state index is 0.817. The number of nitrogens with zero attached hydrogens (tertiary/aromatic N) is 2. The average molecular weight is 148 g/mol. The van der Waals surface area contributed by atoms with Crippen LogP contribution >= 0.6 is 0 Å². The van der Waals surface area contributed by atoms with Crippen LogP contribution in [0, 0.1) is 0 Å². The molecule has 0 fully saturated rings. The van der Waals surface area contributed by atoms with Crippen LogP contribution in [0.25, 0.3) is 11.0 Å². The third-order valence-electron chi connectivity index (χ3n) is 1.56. The van der Waals surface area contributed by atoms with Crippen LogP contribution in [0.15, 0.2) is 18.3 Å². The Morgan fingerprint density at radius 2 is 2.36 bits per heavy atom. The number of H-pyrrole nitrogens is 1. The summed E-state index contributed by atoms with van der Waals surface area (Å²) in [4.78, 5) is 4.22. The van der Waals surface area contributed by atoms with Crippen LogP contribution in [-0.4, -0.2) is 22.2 Å². The van der Waals surface area contributed by atoms with E-state index >= 15 is 0 Å². The molecule has 0 aliphatic rings. The molecule has 0 amide bonds. The number of hydrogen-bond acceptors (Lipinski definition) is 3. The molecule has 0 radical (unpaired) electrons. The fourth-order valence-electron chi connectivity index (χ4n) is 0.966. The van der Waals surface area contributed by atoms with Gasteiger partial charge >= 0.3 is 0 Å². The van der Waals surface area contributed by atoms with Crippen molar-refractivity contribution in [1.29, 1.82) is 0 Å². The van der Waals surface area contributed by atoms with Gasteiger partial charge < -0.3 is 5.32 Å². The van der Waals surface area contributed by atoms with Gasteiger partial charge in [0.2, 0.25) is 0 Å². The number of pyridine rings is 1. The summed E-state index contributed by atoms with van der Waals surface area (Å²) in [6.07, 6.45) is 1.75. The normalized spacial score (nSPS) is 10.3. The highest BCUT2D eigenvalue weighted by atomic mass is 15.1. The maximum absolute atomic E-state index is 4.22. The number of fused-ring (bicyclic) bond motifs is 1. The second-order valence-corrected chi connectivity index (χ2v) is 2.25. The van der Waals surface area contributed by atoms with Gasteiger partial charge in [0.1, 0.15) is 5.82 Å². The third-order valence-corrected chi connectivity index (χ3v) is 1.56. The minimum atomic E-state index is 0.817. The number of hydrogen-bond donors (Lipinski definition) is 2. The van der Waals surface area contributed by atoms with E-state index < -0.39 is 0 Å². The Morgan fingerprint density at radius 3 is 3.18 bits per heavy atom. The largest absolute Gasteiger partial charge is 0.373 e. The lowest BCUT2D eigenvalue weighted by Crippen LogP contribution is -1.90. The first-order valence-electron chi connectivity index (χ1n) is 3.38. The summed E-state index contributed by atoms with van der Waals surface area (Å²) in [5, 5.41) is 10.6. The van der Waals surface area contributed by atoms with Crippen molar-refractivity contribution in [1.82, 2.24) is 15.2 Å². The van der Waals surface area contributed by atoms with E-state index in [1.807, 2.05) is 19.2 Å². The quantitative estimate of drug-likeness (QED) is 0.634. The summed E-state index contributed by atoms with van der Waals surface area (Å²) in [6, 6.07) is 3.88. The topological polar surface area (TPSA) is 53.6 Å². The lowest BCUT2D eigenvalue weighted by atomic mass is 10.3. The molecule has 4 heteroatoms. The molecule has 0 saturated carbocycles. The zero-order chi connectivity index (χ0) is 7.68. The van der Waals surface area contributed by atoms with Gasteiger partial charge in [-0.05, 0) is 12.1 Å². The lowest BCUT2D eigenvalue weighted by Gasteiger charge is -1.95. The molecule has 56 valence electrons. The number of rotatable bonds is 1. The van der Waals surface area contributed by atoms with Gasteiger partial charge in [0.05, 0.1) is 6.20 Å². The second-order valence-electron chi connectivity index (χ2n) is 2.25. The molecule has 0 saturated heterocycles. The smallest absolute Gasteiger partial charge is 0.157 e. The van der Waals surface area contributed by atoms with E-state index in [1.54, 1.807) is 6.20 Å². The zero-order valence-electron chi connectivity index (χ0n) is 6.13. The third kappa shape index (κ3) is 0.920. The van der Waals surface area contributed by atoms with Crippen molar-refractivity contribution >= 4 is 16.9 Å². The van der Waals surface area contributed by atoms with Gasteiger partial charge in [-0.3, -0.25) is 5.10 Å². The summed E-state index contributed by atoms with van der Waals surface area (Å²) in [5.41, 5.74) is 0.817. The molecule has 2 aromatic rings. The highest BCUT2D eigenvalue weighted by Crippen LogP contribution is 2.10. The number of aromatic nitrogens is 3. The predicted molar refractivity (Wildman–Crippen MR) is 43.4 cm³/mol. The Kier molecular flexibility index (Phi) is 1.25. The summed E-state index contributed by atoms with van der Waals surface area (Å²) in [5.74, 6) is 0.849. The molecule has 0 atom stereocenters. The van der Waals surface area contributed by atoms with Crippen LogP contribution in [0.1, 0.15) is 0 Å². The minimum Gasteiger partial charge on any atom is -0.373 e. The Balaban J connectivity index is 2.67. The van der Waals surface area contributed by atoms with Crippen LogP contribution in [0.4, 0.5) is 5.82 Å². The Bertz CT molecular complexity index is 365. The van der Waals surface area contributed by atoms with E-state index in [2.05, 4.69) is 20.5 Å². The number of nitrogens with one attached hydrogen (secondary N) is 2. The second kappa shape index (κ2) is 2.23. The van der Waals surface area contributed by atoms with Crippen LogP contribution in [0.5, 0.6) is 0 Å². The predicted octanol–water partition coefficient (Wildman–Crippen LogP) is 1.000. The van der Waals surface area contributed by atoms with Gasteiger partial charge in [0.15, 0.2) is 5.65 Å². The molecular formula is C7H8N4. The van der Waals surface area contributed by atoms with Gasteiger partial charge in [-0.2, -0.15) is 5.10 Å². The molecule has 11 heavy (non-hydrogen) atoms. The van der Waals surface area contributed by atoms with Crippen molar-refractivity contribution in [2.75, 3.05) is 12.4 Å². The van der Waals surface area contributed by atoms with E-state index in [1.165, 1.54) is 0 Å². The zero-order valence-corrected chi connectivity index (χ0v) is 6.13. The monoisotopic (exact) mass is 148 g/mol. The highest BCUT2D eigenvalue weighted by molar-refractivity contribution is 5.75. The fraction of sp³-hybridized carbons (Fsp3) is 0.143. The van der Waals surface area contributed by atoms with Gasteiger partial charge in [0, 0.05) is 12.4 Å². The first-order valence-corrected chi connectivity index (χ1v) is 3.38.